The zero-order valence-corrected chi connectivity index (χ0v) is 10.3. The topological polar surface area (TPSA) is 43.4 Å². The van der Waals surface area contributed by atoms with Crippen LogP contribution in [-0.4, -0.2) is 18.4 Å². The molecule has 17 heavy (non-hydrogen) atoms. The monoisotopic (exact) mass is 232 g/mol. The molecule has 0 saturated carbocycles. The first-order valence-corrected chi connectivity index (χ1v) is 5.51. The van der Waals surface area contributed by atoms with Crippen molar-refractivity contribution in [2.45, 2.75) is 20.8 Å². The van der Waals surface area contributed by atoms with Crippen LogP contribution in [0.1, 0.15) is 25.0 Å². The van der Waals surface area contributed by atoms with E-state index in [9.17, 15) is 9.59 Å². The van der Waals surface area contributed by atoms with Crippen LogP contribution in [0.5, 0.6) is 0 Å². The van der Waals surface area contributed by atoms with E-state index in [0.29, 0.717) is 0 Å². The lowest BCUT2D eigenvalue weighted by molar-refractivity contribution is -0.139. The Morgan fingerprint density at radius 2 is 2.06 bits per heavy atom. The second kappa shape index (κ2) is 5.99. The number of ether oxygens (including phenoxy) is 1. The van der Waals surface area contributed by atoms with Crippen molar-refractivity contribution < 1.29 is 14.3 Å². The molecule has 0 fully saturated rings. The first kappa shape index (κ1) is 13.2. The van der Waals surface area contributed by atoms with E-state index < -0.39 is 5.97 Å². The fourth-order valence-electron chi connectivity index (χ4n) is 1.44. The maximum Gasteiger partial charge on any atom is 0.341 e. The molecule has 0 radical (unpaired) electrons. The predicted octanol–water partition coefficient (Wildman–Crippen LogP) is 2.53. The van der Waals surface area contributed by atoms with Crippen LogP contribution < -0.4 is 0 Å². The fraction of sp³-hybridized carbons (Fsp3) is 0.286. The largest absolute Gasteiger partial charge is 0.462 e. The van der Waals surface area contributed by atoms with Gasteiger partial charge in [0, 0.05) is 0 Å². The highest BCUT2D eigenvalue weighted by Gasteiger charge is 2.15. The Labute approximate surface area is 101 Å². The molecule has 0 bridgehead atoms. The molecule has 0 aliphatic carbocycles. The molecule has 0 heterocycles. The van der Waals surface area contributed by atoms with Crippen molar-refractivity contribution in [1.82, 2.24) is 0 Å². The van der Waals surface area contributed by atoms with Gasteiger partial charge in [0.2, 0.25) is 0 Å². The molecule has 3 nitrogen and oxygen atoms in total. The van der Waals surface area contributed by atoms with Crippen LogP contribution in [0.25, 0.3) is 6.08 Å². The molecule has 1 aromatic rings. The van der Waals surface area contributed by atoms with E-state index >= 15 is 0 Å². The number of aryl methyl sites for hydroxylation is 1. The number of hydrogen-bond donors (Lipinski definition) is 0. The Morgan fingerprint density at radius 3 is 2.59 bits per heavy atom. The van der Waals surface area contributed by atoms with Gasteiger partial charge in [0.25, 0.3) is 0 Å². The number of rotatable bonds is 4. The summed E-state index contributed by atoms with van der Waals surface area (Å²) in [6, 6.07) is 7.58. The Morgan fingerprint density at radius 1 is 1.35 bits per heavy atom. The molecule has 90 valence electrons. The minimum atomic E-state index is -0.568. The summed E-state index contributed by atoms with van der Waals surface area (Å²) in [6.45, 7) is 5.29. The average molecular weight is 232 g/mol. The molecule has 0 amide bonds. The third kappa shape index (κ3) is 3.87. The zero-order valence-electron chi connectivity index (χ0n) is 10.3. The SMILES string of the molecule is CCOC(=O)/C(=C/c1cccc(C)c1)C(C)=O. The maximum absolute atomic E-state index is 11.6. The van der Waals surface area contributed by atoms with Gasteiger partial charge in [0.05, 0.1) is 6.61 Å². The first-order chi connectivity index (χ1) is 8.04. The van der Waals surface area contributed by atoms with Crippen molar-refractivity contribution in [1.29, 1.82) is 0 Å². The molecule has 1 aromatic carbocycles. The average Bonchev–Trinajstić information content (AvgIpc) is 2.26. The van der Waals surface area contributed by atoms with Gasteiger partial charge in [-0.2, -0.15) is 0 Å². The maximum atomic E-state index is 11.6. The van der Waals surface area contributed by atoms with Crippen LogP contribution >= 0.6 is 0 Å². The van der Waals surface area contributed by atoms with Crippen molar-refractivity contribution in [3.63, 3.8) is 0 Å². The quantitative estimate of drug-likeness (QED) is 0.347. The second-order valence-corrected chi connectivity index (χ2v) is 3.75. The molecular weight excluding hydrogens is 216 g/mol. The molecular formula is C14H16O3. The van der Waals surface area contributed by atoms with E-state index in [1.807, 2.05) is 31.2 Å². The Hall–Kier alpha value is -1.90. The summed E-state index contributed by atoms with van der Waals surface area (Å²) < 4.78 is 4.84. The molecule has 0 atom stereocenters. The zero-order chi connectivity index (χ0) is 12.8. The molecule has 0 N–H and O–H groups in total. The van der Waals surface area contributed by atoms with Crippen molar-refractivity contribution in [3.05, 3.63) is 41.0 Å². The number of benzene rings is 1. The Kier molecular flexibility index (Phi) is 4.64. The third-order valence-electron chi connectivity index (χ3n) is 2.23. The van der Waals surface area contributed by atoms with Gasteiger partial charge in [-0.1, -0.05) is 29.8 Å². The van der Waals surface area contributed by atoms with E-state index in [4.69, 9.17) is 4.74 Å². The van der Waals surface area contributed by atoms with E-state index in [1.165, 1.54) is 6.92 Å². The Bertz CT molecular complexity index is 458. The minimum absolute atomic E-state index is 0.0810. The highest BCUT2D eigenvalue weighted by atomic mass is 16.5. The van der Waals surface area contributed by atoms with E-state index in [2.05, 4.69) is 0 Å². The van der Waals surface area contributed by atoms with Gasteiger partial charge < -0.3 is 4.74 Å². The molecule has 0 spiro atoms. The van der Waals surface area contributed by atoms with E-state index in [1.54, 1.807) is 13.0 Å². The molecule has 0 aliphatic heterocycles. The molecule has 3 heteroatoms. The van der Waals surface area contributed by atoms with Gasteiger partial charge in [-0.3, -0.25) is 4.79 Å². The normalized spacial score (nSPS) is 11.1. The molecule has 0 aromatic heterocycles. The van der Waals surface area contributed by atoms with E-state index in [-0.39, 0.29) is 18.0 Å². The molecule has 0 unspecified atom stereocenters. The predicted molar refractivity (Wildman–Crippen MR) is 66.5 cm³/mol. The lowest BCUT2D eigenvalue weighted by Gasteiger charge is -2.04. The summed E-state index contributed by atoms with van der Waals surface area (Å²) in [5.74, 6) is -0.855. The van der Waals surface area contributed by atoms with Crippen LogP contribution in [0.2, 0.25) is 0 Å². The van der Waals surface area contributed by atoms with Crippen molar-refractivity contribution >= 4 is 17.8 Å². The lowest BCUT2D eigenvalue weighted by atomic mass is 10.1. The third-order valence-corrected chi connectivity index (χ3v) is 2.23. The summed E-state index contributed by atoms with van der Waals surface area (Å²) in [6.07, 6.45) is 1.56. The Balaban J connectivity index is 3.06. The summed E-state index contributed by atoms with van der Waals surface area (Å²) in [5, 5.41) is 0. The second-order valence-electron chi connectivity index (χ2n) is 3.75. The number of carbonyl (C=O) groups is 2. The number of hydrogen-bond acceptors (Lipinski definition) is 3. The number of esters is 1. The standard InChI is InChI=1S/C14H16O3/c1-4-17-14(16)13(11(3)15)9-12-7-5-6-10(2)8-12/h5-9H,4H2,1-3H3/b13-9+. The van der Waals surface area contributed by atoms with Gasteiger partial charge in [0.1, 0.15) is 5.57 Å². The summed E-state index contributed by atoms with van der Waals surface area (Å²) in [5.41, 5.74) is 1.98. The van der Waals surface area contributed by atoms with Crippen LogP contribution in [0.4, 0.5) is 0 Å². The van der Waals surface area contributed by atoms with Gasteiger partial charge >= 0.3 is 5.97 Å². The summed E-state index contributed by atoms with van der Waals surface area (Å²) >= 11 is 0. The number of Topliss-reactive ketones (excluding diaryl/α,β-unsaturated/α-hetero) is 1. The molecule has 1 rings (SSSR count). The number of carbonyl (C=O) groups excluding carboxylic acids is 2. The van der Waals surface area contributed by atoms with Crippen LogP contribution in [0.3, 0.4) is 0 Å². The summed E-state index contributed by atoms with van der Waals surface area (Å²) in [7, 11) is 0. The van der Waals surface area contributed by atoms with Gasteiger partial charge in [-0.05, 0) is 32.4 Å². The molecule has 0 aliphatic rings. The first-order valence-electron chi connectivity index (χ1n) is 5.51. The van der Waals surface area contributed by atoms with Crippen molar-refractivity contribution in [2.75, 3.05) is 6.61 Å². The van der Waals surface area contributed by atoms with E-state index in [0.717, 1.165) is 11.1 Å². The molecule has 0 saturated heterocycles. The lowest BCUT2D eigenvalue weighted by Crippen LogP contribution is -2.13. The highest BCUT2D eigenvalue weighted by molar-refractivity contribution is 6.19. The minimum Gasteiger partial charge on any atom is -0.462 e. The van der Waals surface area contributed by atoms with Gasteiger partial charge in [-0.15, -0.1) is 0 Å². The smallest absolute Gasteiger partial charge is 0.341 e. The van der Waals surface area contributed by atoms with Gasteiger partial charge in [-0.25, -0.2) is 4.79 Å². The van der Waals surface area contributed by atoms with Gasteiger partial charge in [0.15, 0.2) is 5.78 Å². The van der Waals surface area contributed by atoms with Crippen LogP contribution in [0.15, 0.2) is 29.8 Å². The van der Waals surface area contributed by atoms with Crippen LogP contribution in [0, 0.1) is 6.92 Å². The van der Waals surface area contributed by atoms with Crippen molar-refractivity contribution in [2.24, 2.45) is 0 Å². The highest BCUT2D eigenvalue weighted by Crippen LogP contribution is 2.11. The van der Waals surface area contributed by atoms with Crippen molar-refractivity contribution in [3.8, 4) is 0 Å². The number of ketones is 1. The summed E-state index contributed by atoms with van der Waals surface area (Å²) in [4.78, 5) is 22.9. The van der Waals surface area contributed by atoms with Crippen LogP contribution in [-0.2, 0) is 14.3 Å². The fourth-order valence-corrected chi connectivity index (χ4v) is 1.44.